The van der Waals surface area contributed by atoms with Crippen molar-refractivity contribution in [1.29, 1.82) is 0 Å². The highest BCUT2D eigenvalue weighted by molar-refractivity contribution is 5.79. The number of rotatable bonds is 8. The third kappa shape index (κ3) is 6.03. The standard InChI is InChI=1S/C29H39F3N10O2/c30-29(31,32)9-8-25(43)42-22-6-7-23(42)18-39(17-22)24-5-2-10-41-27(24)35-28(36-41)34-20-15-33-40(16-20)19-26(44)38-13-11-37(12-14-38)21-3-1-4-21/h2,5,10,16,21-23,33H,1,3-4,6-9,11-15,17-19H2,(H,34,36). The number of nitrogens with one attached hydrogen (secondary N) is 2. The van der Waals surface area contributed by atoms with Gasteiger partial charge in [0.1, 0.15) is 6.54 Å². The number of anilines is 2. The van der Waals surface area contributed by atoms with E-state index in [1.165, 1.54) is 19.3 Å². The Labute approximate surface area is 253 Å². The SMILES string of the molecule is O=C(CN1C=C(Nc2nc3c(N4CC5CCC(C4)N5C(=O)CCC(F)(F)F)cccn3n2)CN1)N1CCN(C2CCC2)CC1. The first-order valence-electron chi connectivity index (χ1n) is 15.7. The van der Waals surface area contributed by atoms with Crippen LogP contribution >= 0.6 is 0 Å². The predicted octanol–water partition coefficient (Wildman–Crippen LogP) is 2.02. The van der Waals surface area contributed by atoms with Crippen LogP contribution in [0.15, 0.2) is 30.2 Å². The summed E-state index contributed by atoms with van der Waals surface area (Å²) in [4.78, 5) is 38.7. The molecule has 1 aliphatic carbocycles. The summed E-state index contributed by atoms with van der Waals surface area (Å²) >= 11 is 0. The molecular weight excluding hydrogens is 577 g/mol. The third-order valence-corrected chi connectivity index (χ3v) is 9.70. The average Bonchev–Trinajstić information content (AvgIpc) is 3.66. The molecule has 2 amide bonds. The van der Waals surface area contributed by atoms with Crippen LogP contribution in [0.3, 0.4) is 0 Å². The summed E-state index contributed by atoms with van der Waals surface area (Å²) in [5.41, 5.74) is 5.61. The number of pyridine rings is 1. The minimum Gasteiger partial charge on any atom is -0.364 e. The maximum atomic E-state index is 12.9. The van der Waals surface area contributed by atoms with Gasteiger partial charge in [0.25, 0.3) is 0 Å². The first-order chi connectivity index (χ1) is 21.2. The quantitative estimate of drug-likeness (QED) is 0.461. The molecule has 238 valence electrons. The number of carbonyl (C=O) groups is 2. The van der Waals surface area contributed by atoms with Gasteiger partial charge in [-0.3, -0.25) is 14.5 Å². The number of nitrogens with zero attached hydrogens (tertiary/aromatic N) is 8. The molecule has 3 saturated heterocycles. The molecule has 0 spiro atoms. The van der Waals surface area contributed by atoms with Crippen LogP contribution in [0.2, 0.25) is 0 Å². The van der Waals surface area contributed by atoms with E-state index in [4.69, 9.17) is 4.98 Å². The Hall–Kier alpha value is -3.59. The van der Waals surface area contributed by atoms with Gasteiger partial charge in [0.2, 0.25) is 17.8 Å². The summed E-state index contributed by atoms with van der Waals surface area (Å²) in [5, 5.41) is 9.67. The Balaban J connectivity index is 0.957. The lowest BCUT2D eigenvalue weighted by atomic mass is 9.91. The first kappa shape index (κ1) is 29.1. The topological polar surface area (TPSA) is 105 Å². The molecule has 7 rings (SSSR count). The number of fused-ring (bicyclic) bond motifs is 3. The Morgan fingerprint density at radius 2 is 1.75 bits per heavy atom. The summed E-state index contributed by atoms with van der Waals surface area (Å²) in [6.45, 7) is 5.29. The number of piperazine rings is 2. The normalized spacial score (nSPS) is 24.7. The molecule has 2 N–H and O–H groups in total. The van der Waals surface area contributed by atoms with Crippen molar-refractivity contribution in [3.8, 4) is 0 Å². The molecule has 2 bridgehead atoms. The lowest BCUT2D eigenvalue weighted by Crippen LogP contribution is -2.56. The van der Waals surface area contributed by atoms with Gasteiger partial charge in [0.15, 0.2) is 5.65 Å². The molecule has 1 saturated carbocycles. The van der Waals surface area contributed by atoms with Crippen molar-refractivity contribution in [3.63, 3.8) is 0 Å². The second-order valence-corrected chi connectivity index (χ2v) is 12.5. The van der Waals surface area contributed by atoms with Gasteiger partial charge in [-0.25, -0.2) is 9.94 Å². The number of halogens is 3. The van der Waals surface area contributed by atoms with Crippen molar-refractivity contribution in [3.05, 3.63) is 30.2 Å². The van der Waals surface area contributed by atoms with Gasteiger partial charge >= 0.3 is 6.18 Å². The Morgan fingerprint density at radius 3 is 2.43 bits per heavy atom. The van der Waals surface area contributed by atoms with E-state index < -0.39 is 24.9 Å². The second kappa shape index (κ2) is 11.7. The van der Waals surface area contributed by atoms with Crippen LogP contribution in [0.5, 0.6) is 0 Å². The minimum atomic E-state index is -4.34. The zero-order chi connectivity index (χ0) is 30.4. The summed E-state index contributed by atoms with van der Waals surface area (Å²) < 4.78 is 39.8. The lowest BCUT2D eigenvalue weighted by Gasteiger charge is -2.43. The first-order valence-corrected chi connectivity index (χ1v) is 15.7. The number of aromatic nitrogens is 3. The molecule has 2 aromatic heterocycles. The number of amides is 2. The van der Waals surface area contributed by atoms with Gasteiger partial charge in [0.05, 0.1) is 24.4 Å². The van der Waals surface area contributed by atoms with Crippen molar-refractivity contribution in [1.82, 2.24) is 39.7 Å². The zero-order valence-corrected chi connectivity index (χ0v) is 24.7. The van der Waals surface area contributed by atoms with Crippen LogP contribution in [0.1, 0.15) is 44.9 Å². The fourth-order valence-corrected chi connectivity index (χ4v) is 7.20. The number of carbonyl (C=O) groups excluding carboxylic acids is 2. The number of hydrazine groups is 1. The molecule has 0 radical (unpaired) electrons. The van der Waals surface area contributed by atoms with Gasteiger partial charge in [-0.2, -0.15) is 18.2 Å². The van der Waals surface area contributed by atoms with E-state index in [9.17, 15) is 22.8 Å². The molecule has 6 heterocycles. The molecule has 12 nitrogen and oxygen atoms in total. The highest BCUT2D eigenvalue weighted by Crippen LogP contribution is 2.35. The van der Waals surface area contributed by atoms with Gasteiger partial charge in [-0.05, 0) is 37.8 Å². The lowest BCUT2D eigenvalue weighted by molar-refractivity contribution is -0.151. The molecule has 2 unspecified atom stereocenters. The van der Waals surface area contributed by atoms with Crippen molar-refractivity contribution in [2.45, 2.75) is 69.2 Å². The molecule has 5 aliphatic rings. The fraction of sp³-hybridized carbons (Fsp3) is 0.655. The molecular formula is C29H39F3N10O2. The molecule has 2 aromatic rings. The number of alkyl halides is 3. The van der Waals surface area contributed by atoms with E-state index in [2.05, 4.69) is 25.6 Å². The molecule has 2 atom stereocenters. The molecule has 44 heavy (non-hydrogen) atoms. The van der Waals surface area contributed by atoms with Crippen LogP contribution in [0, 0.1) is 0 Å². The summed E-state index contributed by atoms with van der Waals surface area (Å²) in [6, 6.07) is 4.32. The van der Waals surface area contributed by atoms with Gasteiger partial charge in [-0.1, -0.05) is 6.42 Å². The zero-order valence-electron chi connectivity index (χ0n) is 24.7. The van der Waals surface area contributed by atoms with Gasteiger partial charge in [-0.15, -0.1) is 5.10 Å². The Morgan fingerprint density at radius 1 is 1.00 bits per heavy atom. The average molecular weight is 617 g/mol. The Kier molecular flexibility index (Phi) is 7.77. The van der Waals surface area contributed by atoms with Crippen molar-refractivity contribution >= 4 is 29.1 Å². The van der Waals surface area contributed by atoms with E-state index >= 15 is 0 Å². The number of hydrogen-bond acceptors (Lipinski definition) is 9. The van der Waals surface area contributed by atoms with E-state index in [0.717, 1.165) is 50.4 Å². The van der Waals surface area contributed by atoms with Crippen LogP contribution in [0.4, 0.5) is 24.8 Å². The summed E-state index contributed by atoms with van der Waals surface area (Å²) in [5.74, 6) is 0.118. The van der Waals surface area contributed by atoms with Gasteiger partial charge in [0, 0.05) is 76.2 Å². The minimum absolute atomic E-state index is 0.106. The monoisotopic (exact) mass is 616 g/mol. The third-order valence-electron chi connectivity index (χ3n) is 9.70. The summed E-state index contributed by atoms with van der Waals surface area (Å²) in [7, 11) is 0. The maximum Gasteiger partial charge on any atom is 0.389 e. The highest BCUT2D eigenvalue weighted by atomic mass is 19.4. The summed E-state index contributed by atoms with van der Waals surface area (Å²) in [6.07, 6.45) is 3.21. The van der Waals surface area contributed by atoms with Gasteiger partial charge < -0.3 is 25.0 Å². The van der Waals surface area contributed by atoms with Crippen LogP contribution in [0.25, 0.3) is 5.65 Å². The van der Waals surface area contributed by atoms with Crippen LogP contribution in [-0.2, 0) is 9.59 Å². The van der Waals surface area contributed by atoms with Crippen molar-refractivity contribution in [2.24, 2.45) is 0 Å². The molecule has 4 aliphatic heterocycles. The molecule has 4 fully saturated rings. The largest absolute Gasteiger partial charge is 0.389 e. The highest BCUT2D eigenvalue weighted by Gasteiger charge is 2.43. The molecule has 15 heteroatoms. The number of hydrogen-bond donors (Lipinski definition) is 2. The van der Waals surface area contributed by atoms with E-state index in [-0.39, 0.29) is 24.5 Å². The molecule has 0 aromatic carbocycles. The fourth-order valence-electron chi connectivity index (χ4n) is 7.20. The van der Waals surface area contributed by atoms with Crippen LogP contribution in [-0.4, -0.2) is 123 Å². The second-order valence-electron chi connectivity index (χ2n) is 12.5. The predicted molar refractivity (Wildman–Crippen MR) is 156 cm³/mol. The van der Waals surface area contributed by atoms with Crippen molar-refractivity contribution < 1.29 is 22.8 Å². The van der Waals surface area contributed by atoms with Crippen LogP contribution < -0.4 is 15.6 Å². The smallest absolute Gasteiger partial charge is 0.364 e. The van der Waals surface area contributed by atoms with E-state index in [1.54, 1.807) is 14.4 Å². The van der Waals surface area contributed by atoms with E-state index in [0.29, 0.717) is 37.3 Å². The van der Waals surface area contributed by atoms with E-state index in [1.807, 2.05) is 29.4 Å². The maximum absolute atomic E-state index is 12.9. The Bertz CT molecular complexity index is 1400. The van der Waals surface area contributed by atoms with Crippen molar-refractivity contribution in [2.75, 3.05) is 62.6 Å².